The summed E-state index contributed by atoms with van der Waals surface area (Å²) in [5.41, 5.74) is 4.37. The summed E-state index contributed by atoms with van der Waals surface area (Å²) in [7, 11) is 1.70. The van der Waals surface area contributed by atoms with E-state index in [0.29, 0.717) is 0 Å². The van der Waals surface area contributed by atoms with Gasteiger partial charge in [-0.3, -0.25) is 4.79 Å². The molecule has 0 bridgehead atoms. The van der Waals surface area contributed by atoms with Gasteiger partial charge < -0.3 is 9.64 Å². The minimum atomic E-state index is 0.0577. The van der Waals surface area contributed by atoms with Crippen molar-refractivity contribution in [2.45, 2.75) is 26.3 Å². The number of aryl methyl sites for hydroxylation is 1. The van der Waals surface area contributed by atoms with E-state index in [1.807, 2.05) is 35.2 Å². The van der Waals surface area contributed by atoms with Gasteiger partial charge in [-0.25, -0.2) is 0 Å². The number of carbonyl (C=O) groups excluding carboxylic acids is 1. The van der Waals surface area contributed by atoms with Gasteiger partial charge in [-0.2, -0.15) is 0 Å². The zero-order valence-electron chi connectivity index (χ0n) is 15.5. The maximum Gasteiger partial charge on any atom is 0.254 e. The van der Waals surface area contributed by atoms with Crippen LogP contribution in [-0.2, 0) is 6.42 Å². The van der Waals surface area contributed by atoms with Crippen LogP contribution in [0, 0.1) is 6.92 Å². The highest BCUT2D eigenvalue weighted by molar-refractivity contribution is 5.99. The summed E-state index contributed by atoms with van der Waals surface area (Å²) in [5, 5.41) is 2.26. The van der Waals surface area contributed by atoms with Crippen LogP contribution >= 0.6 is 0 Å². The number of benzene rings is 3. The Bertz CT molecular complexity index is 993. The van der Waals surface area contributed by atoms with Crippen molar-refractivity contribution in [3.05, 3.63) is 76.9 Å². The molecule has 1 unspecified atom stereocenters. The van der Waals surface area contributed by atoms with Gasteiger partial charge >= 0.3 is 0 Å². The zero-order chi connectivity index (χ0) is 18.3. The lowest BCUT2D eigenvalue weighted by molar-refractivity contribution is 0.0677. The Morgan fingerprint density at radius 2 is 1.85 bits per heavy atom. The number of carbonyl (C=O) groups is 1. The maximum absolute atomic E-state index is 13.2. The number of fused-ring (bicyclic) bond motifs is 2. The average molecular weight is 345 g/mol. The zero-order valence-corrected chi connectivity index (χ0v) is 15.5. The smallest absolute Gasteiger partial charge is 0.254 e. The monoisotopic (exact) mass is 345 g/mol. The molecule has 0 spiro atoms. The van der Waals surface area contributed by atoms with Crippen LogP contribution in [0.4, 0.5) is 0 Å². The van der Waals surface area contributed by atoms with Crippen molar-refractivity contribution in [3.63, 3.8) is 0 Å². The molecule has 3 nitrogen and oxygen atoms in total. The summed E-state index contributed by atoms with van der Waals surface area (Å²) in [5.74, 6) is 1.02. The van der Waals surface area contributed by atoms with Crippen molar-refractivity contribution in [2.24, 2.45) is 0 Å². The number of methoxy groups -OCH3 is 1. The van der Waals surface area contributed by atoms with Crippen molar-refractivity contribution in [1.29, 1.82) is 0 Å². The van der Waals surface area contributed by atoms with Crippen molar-refractivity contribution >= 4 is 16.7 Å². The first-order valence-corrected chi connectivity index (χ1v) is 9.05. The second-order valence-electron chi connectivity index (χ2n) is 7.01. The van der Waals surface area contributed by atoms with Crippen LogP contribution in [-0.4, -0.2) is 24.5 Å². The molecule has 26 heavy (non-hydrogen) atoms. The summed E-state index contributed by atoms with van der Waals surface area (Å²) >= 11 is 0. The first kappa shape index (κ1) is 16.6. The van der Waals surface area contributed by atoms with Gasteiger partial charge in [0, 0.05) is 12.1 Å². The van der Waals surface area contributed by atoms with Crippen molar-refractivity contribution in [3.8, 4) is 5.75 Å². The molecular weight excluding hydrogens is 322 g/mol. The second-order valence-corrected chi connectivity index (χ2v) is 7.01. The summed E-state index contributed by atoms with van der Waals surface area (Å²) in [6.45, 7) is 4.89. The Morgan fingerprint density at radius 1 is 1.08 bits per heavy atom. The van der Waals surface area contributed by atoms with Gasteiger partial charge in [0.05, 0.1) is 13.2 Å². The normalized spacial score (nSPS) is 16.4. The van der Waals surface area contributed by atoms with Crippen LogP contribution in [0.25, 0.3) is 10.8 Å². The number of amides is 1. The number of hydrogen-bond donors (Lipinski definition) is 0. The van der Waals surface area contributed by atoms with Crippen molar-refractivity contribution in [2.75, 3.05) is 13.7 Å². The summed E-state index contributed by atoms with van der Waals surface area (Å²) < 4.78 is 5.45. The fraction of sp³-hybridized carbons (Fsp3) is 0.261. The summed E-state index contributed by atoms with van der Waals surface area (Å²) in [6, 6.07) is 18.5. The maximum atomic E-state index is 13.2. The van der Waals surface area contributed by atoms with E-state index in [9.17, 15) is 4.79 Å². The first-order valence-electron chi connectivity index (χ1n) is 9.05. The first-order chi connectivity index (χ1) is 12.6. The average Bonchev–Trinajstić information content (AvgIpc) is 2.67. The SMILES string of the molecule is COc1cc2c(cc1C)C(C)N(C(=O)c1ccc3ccccc3c1)CC2. The molecule has 1 aliphatic heterocycles. The third-order valence-electron chi connectivity index (χ3n) is 5.45. The molecule has 0 radical (unpaired) electrons. The fourth-order valence-corrected chi connectivity index (χ4v) is 3.95. The molecule has 3 aromatic carbocycles. The molecule has 1 atom stereocenters. The highest BCUT2D eigenvalue weighted by Gasteiger charge is 2.29. The van der Waals surface area contributed by atoms with Gasteiger partial charge in [0.2, 0.25) is 0 Å². The lowest BCUT2D eigenvalue weighted by Gasteiger charge is -2.36. The van der Waals surface area contributed by atoms with E-state index in [2.05, 4.69) is 38.1 Å². The van der Waals surface area contributed by atoms with E-state index in [0.717, 1.165) is 40.6 Å². The Morgan fingerprint density at radius 3 is 2.62 bits per heavy atom. The van der Waals surface area contributed by atoms with Crippen molar-refractivity contribution in [1.82, 2.24) is 4.90 Å². The predicted molar refractivity (Wildman–Crippen MR) is 105 cm³/mol. The van der Waals surface area contributed by atoms with Crippen LogP contribution in [0.3, 0.4) is 0 Å². The fourth-order valence-electron chi connectivity index (χ4n) is 3.95. The largest absolute Gasteiger partial charge is 0.496 e. The number of hydrogen-bond acceptors (Lipinski definition) is 2. The predicted octanol–water partition coefficient (Wildman–Crippen LogP) is 4.92. The summed E-state index contributed by atoms with van der Waals surface area (Å²) in [6.07, 6.45) is 0.857. The molecule has 0 fully saturated rings. The molecule has 3 heteroatoms. The quantitative estimate of drug-likeness (QED) is 0.660. The van der Waals surface area contributed by atoms with Crippen LogP contribution in [0.1, 0.15) is 40.0 Å². The van der Waals surface area contributed by atoms with E-state index in [1.54, 1.807) is 7.11 Å². The number of rotatable bonds is 2. The molecule has 1 heterocycles. The topological polar surface area (TPSA) is 29.5 Å². The molecule has 132 valence electrons. The number of ether oxygens (including phenoxy) is 1. The molecule has 1 amide bonds. The Kier molecular flexibility index (Phi) is 4.15. The Hall–Kier alpha value is -2.81. The highest BCUT2D eigenvalue weighted by Crippen LogP contribution is 2.35. The van der Waals surface area contributed by atoms with Gasteiger partial charge in [-0.15, -0.1) is 0 Å². The molecule has 0 N–H and O–H groups in total. The van der Waals surface area contributed by atoms with E-state index in [1.165, 1.54) is 11.1 Å². The van der Waals surface area contributed by atoms with Crippen molar-refractivity contribution < 1.29 is 9.53 Å². The van der Waals surface area contributed by atoms with Crippen LogP contribution < -0.4 is 4.74 Å². The van der Waals surface area contributed by atoms with E-state index in [4.69, 9.17) is 4.74 Å². The molecule has 0 saturated heterocycles. The van der Waals surface area contributed by atoms with E-state index < -0.39 is 0 Å². The van der Waals surface area contributed by atoms with E-state index >= 15 is 0 Å². The molecule has 3 aromatic rings. The Balaban J connectivity index is 1.67. The van der Waals surface area contributed by atoms with Crippen LogP contribution in [0.2, 0.25) is 0 Å². The van der Waals surface area contributed by atoms with Crippen LogP contribution in [0.5, 0.6) is 5.75 Å². The minimum Gasteiger partial charge on any atom is -0.496 e. The van der Waals surface area contributed by atoms with Gasteiger partial charge in [0.1, 0.15) is 5.75 Å². The van der Waals surface area contributed by atoms with Gasteiger partial charge in [-0.1, -0.05) is 36.4 Å². The molecule has 1 aliphatic rings. The van der Waals surface area contributed by atoms with Gasteiger partial charge in [-0.05, 0) is 65.9 Å². The lowest BCUT2D eigenvalue weighted by Crippen LogP contribution is -2.38. The third-order valence-corrected chi connectivity index (χ3v) is 5.45. The van der Waals surface area contributed by atoms with E-state index in [-0.39, 0.29) is 11.9 Å². The number of nitrogens with zero attached hydrogens (tertiary/aromatic N) is 1. The molecular formula is C23H23NO2. The second kappa shape index (κ2) is 6.49. The molecule has 0 saturated carbocycles. The van der Waals surface area contributed by atoms with Gasteiger partial charge in [0.15, 0.2) is 0 Å². The molecule has 0 aliphatic carbocycles. The highest BCUT2D eigenvalue weighted by atomic mass is 16.5. The third kappa shape index (κ3) is 2.74. The standard InChI is InChI=1S/C23H23NO2/c1-15-12-21-16(2)24(11-10-19(21)14-22(15)26-3)23(25)20-9-8-17-6-4-5-7-18(17)13-20/h4-9,12-14,16H,10-11H2,1-3H3. The summed E-state index contributed by atoms with van der Waals surface area (Å²) in [4.78, 5) is 15.2. The Labute approximate surface area is 154 Å². The molecule has 0 aromatic heterocycles. The van der Waals surface area contributed by atoms with Crippen LogP contribution in [0.15, 0.2) is 54.6 Å². The minimum absolute atomic E-state index is 0.0577. The lowest BCUT2D eigenvalue weighted by atomic mass is 9.91. The molecule has 4 rings (SSSR count). The van der Waals surface area contributed by atoms with Gasteiger partial charge in [0.25, 0.3) is 5.91 Å².